The lowest BCUT2D eigenvalue weighted by Crippen LogP contribution is -2.03. The first-order valence-corrected chi connectivity index (χ1v) is 5.88. The van der Waals surface area contributed by atoms with Crippen molar-refractivity contribution < 1.29 is 9.66 Å². The Morgan fingerprint density at radius 3 is 2.82 bits per heavy atom. The van der Waals surface area contributed by atoms with E-state index in [1.54, 1.807) is 6.07 Å². The van der Waals surface area contributed by atoms with Gasteiger partial charge in [0.25, 0.3) is 5.69 Å². The minimum Gasteiger partial charge on any atom is -0.493 e. The van der Waals surface area contributed by atoms with E-state index < -0.39 is 4.92 Å². The van der Waals surface area contributed by atoms with Crippen molar-refractivity contribution in [2.45, 2.75) is 32.2 Å². The van der Waals surface area contributed by atoms with Gasteiger partial charge in [0.1, 0.15) is 5.75 Å². The zero-order valence-electron chi connectivity index (χ0n) is 9.81. The van der Waals surface area contributed by atoms with Crippen LogP contribution in [0.3, 0.4) is 0 Å². The number of nitrogens with zero attached hydrogens (tertiary/aromatic N) is 1. The molecule has 1 aliphatic rings. The van der Waals surface area contributed by atoms with Crippen molar-refractivity contribution in [2.75, 3.05) is 11.9 Å². The first-order valence-electron chi connectivity index (χ1n) is 5.88. The molecule has 0 aromatic heterocycles. The minimum atomic E-state index is -0.392. The maximum absolute atomic E-state index is 10.8. The fourth-order valence-corrected chi connectivity index (χ4v) is 1.54. The predicted molar refractivity (Wildman–Crippen MR) is 65.5 cm³/mol. The summed E-state index contributed by atoms with van der Waals surface area (Å²) in [5, 5.41) is 14.0. The van der Waals surface area contributed by atoms with Gasteiger partial charge in [0, 0.05) is 23.9 Å². The quantitative estimate of drug-likeness (QED) is 0.609. The number of anilines is 1. The zero-order valence-corrected chi connectivity index (χ0v) is 9.81. The van der Waals surface area contributed by atoms with Gasteiger partial charge in [-0.2, -0.15) is 0 Å². The molecule has 2 rings (SSSR count). The van der Waals surface area contributed by atoms with Crippen molar-refractivity contribution >= 4 is 11.4 Å². The van der Waals surface area contributed by atoms with Crippen molar-refractivity contribution in [1.82, 2.24) is 0 Å². The molecule has 0 radical (unpaired) electrons. The molecule has 0 heterocycles. The standard InChI is InChI=1S/C12H16N2O3/c1-2-5-17-12-7-10(13-9-3-4-9)6-11(8-12)14(15)16/h6-9,13H,2-5H2,1H3. The zero-order chi connectivity index (χ0) is 12.3. The molecule has 5 nitrogen and oxygen atoms in total. The van der Waals surface area contributed by atoms with E-state index in [1.165, 1.54) is 6.07 Å². The molecular weight excluding hydrogens is 220 g/mol. The predicted octanol–water partition coefficient (Wildman–Crippen LogP) is 2.96. The van der Waals surface area contributed by atoms with E-state index in [9.17, 15) is 10.1 Å². The molecule has 17 heavy (non-hydrogen) atoms. The smallest absolute Gasteiger partial charge is 0.275 e. The molecule has 1 aromatic rings. The molecule has 0 amide bonds. The Bertz CT molecular complexity index is 416. The van der Waals surface area contributed by atoms with Crippen LogP contribution in [0, 0.1) is 10.1 Å². The molecule has 1 saturated carbocycles. The third kappa shape index (κ3) is 3.34. The second-order valence-electron chi connectivity index (χ2n) is 4.24. The average Bonchev–Trinajstić information content (AvgIpc) is 3.10. The van der Waals surface area contributed by atoms with Crippen molar-refractivity contribution in [3.05, 3.63) is 28.3 Å². The van der Waals surface area contributed by atoms with E-state index in [2.05, 4.69) is 5.32 Å². The van der Waals surface area contributed by atoms with Crippen LogP contribution in [0.5, 0.6) is 5.75 Å². The second-order valence-corrected chi connectivity index (χ2v) is 4.24. The third-order valence-corrected chi connectivity index (χ3v) is 2.52. The molecule has 0 saturated heterocycles. The number of ether oxygens (including phenoxy) is 1. The van der Waals surface area contributed by atoms with Crippen LogP contribution >= 0.6 is 0 Å². The van der Waals surface area contributed by atoms with Gasteiger partial charge in [-0.1, -0.05) is 6.92 Å². The number of nitro groups is 1. The van der Waals surface area contributed by atoms with Gasteiger partial charge in [0.2, 0.25) is 0 Å². The summed E-state index contributed by atoms with van der Waals surface area (Å²) in [4.78, 5) is 10.4. The van der Waals surface area contributed by atoms with Crippen LogP contribution in [0.4, 0.5) is 11.4 Å². The van der Waals surface area contributed by atoms with Crippen LogP contribution in [0.1, 0.15) is 26.2 Å². The van der Waals surface area contributed by atoms with Crippen LogP contribution in [0.2, 0.25) is 0 Å². The van der Waals surface area contributed by atoms with Gasteiger partial charge in [0.05, 0.1) is 17.6 Å². The summed E-state index contributed by atoms with van der Waals surface area (Å²) in [6.45, 7) is 2.57. The van der Waals surface area contributed by atoms with E-state index in [-0.39, 0.29) is 5.69 Å². The van der Waals surface area contributed by atoms with Crippen molar-refractivity contribution in [3.8, 4) is 5.75 Å². The number of hydrogen-bond acceptors (Lipinski definition) is 4. The Morgan fingerprint density at radius 2 is 2.24 bits per heavy atom. The molecule has 5 heteroatoms. The van der Waals surface area contributed by atoms with Gasteiger partial charge in [-0.15, -0.1) is 0 Å². The summed E-state index contributed by atoms with van der Waals surface area (Å²) in [5.41, 5.74) is 0.842. The fraction of sp³-hybridized carbons (Fsp3) is 0.500. The van der Waals surface area contributed by atoms with Gasteiger partial charge in [-0.25, -0.2) is 0 Å². The normalized spacial score (nSPS) is 14.4. The Kier molecular flexibility index (Phi) is 3.46. The SMILES string of the molecule is CCCOc1cc(NC2CC2)cc([N+](=O)[O-])c1. The highest BCUT2D eigenvalue weighted by Crippen LogP contribution is 2.30. The molecule has 0 spiro atoms. The number of nitro benzene ring substituents is 1. The molecule has 1 N–H and O–H groups in total. The minimum absolute atomic E-state index is 0.0711. The molecule has 0 unspecified atom stereocenters. The van der Waals surface area contributed by atoms with E-state index >= 15 is 0 Å². The molecule has 0 aliphatic heterocycles. The van der Waals surface area contributed by atoms with Crippen molar-refractivity contribution in [1.29, 1.82) is 0 Å². The van der Waals surface area contributed by atoms with Gasteiger partial charge in [0.15, 0.2) is 0 Å². The summed E-state index contributed by atoms with van der Waals surface area (Å²) >= 11 is 0. The summed E-state index contributed by atoms with van der Waals surface area (Å²) < 4.78 is 5.44. The van der Waals surface area contributed by atoms with Crippen molar-refractivity contribution in [3.63, 3.8) is 0 Å². The number of rotatable bonds is 6. The highest BCUT2D eigenvalue weighted by molar-refractivity contribution is 5.57. The lowest BCUT2D eigenvalue weighted by molar-refractivity contribution is -0.384. The number of nitrogens with one attached hydrogen (secondary N) is 1. The van der Waals surface area contributed by atoms with Crippen LogP contribution in [-0.4, -0.2) is 17.6 Å². The third-order valence-electron chi connectivity index (χ3n) is 2.52. The topological polar surface area (TPSA) is 64.4 Å². The monoisotopic (exact) mass is 236 g/mol. The lowest BCUT2D eigenvalue weighted by Gasteiger charge is -2.08. The average molecular weight is 236 g/mol. The number of hydrogen-bond donors (Lipinski definition) is 1. The number of non-ortho nitro benzene ring substituents is 1. The summed E-state index contributed by atoms with van der Waals surface area (Å²) in [7, 11) is 0. The Balaban J connectivity index is 2.17. The van der Waals surface area contributed by atoms with Crippen LogP contribution < -0.4 is 10.1 Å². The maximum Gasteiger partial charge on any atom is 0.275 e. The molecular formula is C12H16N2O3. The fourth-order valence-electron chi connectivity index (χ4n) is 1.54. The molecule has 0 atom stereocenters. The molecule has 1 fully saturated rings. The van der Waals surface area contributed by atoms with Crippen molar-refractivity contribution in [2.24, 2.45) is 0 Å². The summed E-state index contributed by atoms with van der Waals surface area (Å²) in [5.74, 6) is 0.559. The van der Waals surface area contributed by atoms with Crippen LogP contribution in [0.15, 0.2) is 18.2 Å². The Labute approximate surface area is 99.9 Å². The highest BCUT2D eigenvalue weighted by atomic mass is 16.6. The first kappa shape index (κ1) is 11.7. The molecule has 1 aromatic carbocycles. The maximum atomic E-state index is 10.8. The molecule has 92 valence electrons. The molecule has 1 aliphatic carbocycles. The summed E-state index contributed by atoms with van der Waals surface area (Å²) in [6.07, 6.45) is 3.15. The van der Waals surface area contributed by atoms with E-state index in [1.807, 2.05) is 13.0 Å². The van der Waals surface area contributed by atoms with Gasteiger partial charge >= 0.3 is 0 Å². The first-order chi connectivity index (χ1) is 8.19. The molecule has 0 bridgehead atoms. The van der Waals surface area contributed by atoms with Crippen LogP contribution in [0.25, 0.3) is 0 Å². The second kappa shape index (κ2) is 5.03. The van der Waals surface area contributed by atoms with Gasteiger partial charge in [-0.05, 0) is 19.3 Å². The Morgan fingerprint density at radius 1 is 1.47 bits per heavy atom. The van der Waals surface area contributed by atoms with Crippen LogP contribution in [-0.2, 0) is 0 Å². The Hall–Kier alpha value is -1.78. The van der Waals surface area contributed by atoms with Gasteiger partial charge < -0.3 is 10.1 Å². The van der Waals surface area contributed by atoms with Gasteiger partial charge in [-0.3, -0.25) is 10.1 Å². The number of benzene rings is 1. The summed E-state index contributed by atoms with van der Waals surface area (Å²) in [6, 6.07) is 5.31. The highest BCUT2D eigenvalue weighted by Gasteiger charge is 2.22. The van der Waals surface area contributed by atoms with E-state index in [0.29, 0.717) is 18.4 Å². The van der Waals surface area contributed by atoms with E-state index in [4.69, 9.17) is 4.74 Å². The van der Waals surface area contributed by atoms with E-state index in [0.717, 1.165) is 24.9 Å². The lowest BCUT2D eigenvalue weighted by atomic mass is 10.2. The largest absolute Gasteiger partial charge is 0.493 e.